The molecule has 7 aromatic carbocycles. The lowest BCUT2D eigenvalue weighted by Gasteiger charge is -2.11. The molecule has 0 N–H and O–H groups in total. The molecular formula is C39H25N. The van der Waals surface area contributed by atoms with Crippen LogP contribution in [0.3, 0.4) is 0 Å². The van der Waals surface area contributed by atoms with Gasteiger partial charge < -0.3 is 4.57 Å². The number of aromatic nitrogens is 1. The quantitative estimate of drug-likeness (QED) is 0.218. The maximum absolute atomic E-state index is 9.13. The second-order valence-electron chi connectivity index (χ2n) is 10.8. The SMILES string of the molecule is [2H]c1cc(-n2c3ccccc3c3cc4c(cc32)Cc2ccc3ccccc3c2-4)ccc1-c1c([2H])ccc2ccccc12. The molecule has 0 amide bonds. The Morgan fingerprint density at radius 3 is 2.12 bits per heavy atom. The molecule has 0 bridgehead atoms. The molecule has 0 saturated carbocycles. The summed E-state index contributed by atoms with van der Waals surface area (Å²) in [5.41, 5.74) is 10.3. The monoisotopic (exact) mass is 509 g/mol. The predicted molar refractivity (Wildman–Crippen MR) is 169 cm³/mol. The summed E-state index contributed by atoms with van der Waals surface area (Å²) in [6.45, 7) is 0. The molecule has 8 aromatic rings. The van der Waals surface area contributed by atoms with Crippen molar-refractivity contribution in [2.45, 2.75) is 6.42 Å². The summed E-state index contributed by atoms with van der Waals surface area (Å²) >= 11 is 0. The van der Waals surface area contributed by atoms with Crippen LogP contribution in [-0.2, 0) is 6.42 Å². The molecule has 186 valence electrons. The van der Waals surface area contributed by atoms with Crippen LogP contribution in [0.25, 0.3) is 71.3 Å². The summed E-state index contributed by atoms with van der Waals surface area (Å²) in [5, 5.41) is 7.11. The summed E-state index contributed by atoms with van der Waals surface area (Å²) in [5.74, 6) is 0. The number of nitrogens with zero attached hydrogens (tertiary/aromatic N) is 1. The van der Waals surface area contributed by atoms with Crippen LogP contribution >= 0.6 is 0 Å². The first-order valence-corrected chi connectivity index (χ1v) is 13.8. The van der Waals surface area contributed by atoms with Crippen molar-refractivity contribution in [2.24, 2.45) is 0 Å². The molecule has 0 spiro atoms. The van der Waals surface area contributed by atoms with E-state index in [0.717, 1.165) is 45.0 Å². The van der Waals surface area contributed by atoms with E-state index >= 15 is 0 Å². The number of fused-ring (bicyclic) bond motifs is 9. The number of hydrogen-bond donors (Lipinski definition) is 0. The van der Waals surface area contributed by atoms with Crippen LogP contribution in [0.2, 0.25) is 0 Å². The molecule has 0 saturated heterocycles. The molecule has 1 aromatic heterocycles. The molecule has 1 nitrogen and oxygen atoms in total. The van der Waals surface area contributed by atoms with Crippen LogP contribution in [0.5, 0.6) is 0 Å². The second-order valence-corrected chi connectivity index (χ2v) is 10.8. The normalized spacial score (nSPS) is 13.1. The van der Waals surface area contributed by atoms with Crippen LogP contribution in [0, 0.1) is 0 Å². The largest absolute Gasteiger partial charge is 0.309 e. The molecule has 0 radical (unpaired) electrons. The molecule has 1 heteroatoms. The van der Waals surface area contributed by atoms with Crippen molar-refractivity contribution in [2.75, 3.05) is 0 Å². The summed E-state index contributed by atoms with van der Waals surface area (Å²) in [7, 11) is 0. The topological polar surface area (TPSA) is 4.93 Å². The van der Waals surface area contributed by atoms with Gasteiger partial charge in [-0.15, -0.1) is 0 Å². The smallest absolute Gasteiger partial charge is 0.0630 e. The van der Waals surface area contributed by atoms with E-state index < -0.39 is 0 Å². The van der Waals surface area contributed by atoms with Gasteiger partial charge in [-0.3, -0.25) is 0 Å². The standard InChI is InChI=1S/C39H25N/c1-3-11-31-25(8-1)10-7-14-32(31)27-18-20-30(21-19-27)40-37-15-6-5-13-34(37)36-24-35-29(23-38(36)40)22-28-17-16-26-9-2-4-12-33(26)39(28)35/h1-21,23-24H,22H2/i14D,18D. The van der Waals surface area contributed by atoms with Crippen LogP contribution in [0.15, 0.2) is 139 Å². The molecular weight excluding hydrogens is 482 g/mol. The fourth-order valence-corrected chi connectivity index (χ4v) is 6.80. The Morgan fingerprint density at radius 2 is 1.25 bits per heavy atom. The van der Waals surface area contributed by atoms with E-state index in [1.54, 1.807) is 0 Å². The minimum atomic E-state index is 0.420. The third-order valence-electron chi connectivity index (χ3n) is 8.61. The molecule has 0 aliphatic heterocycles. The predicted octanol–water partition coefficient (Wildman–Crippen LogP) is 10.3. The first-order chi connectivity index (χ1) is 20.7. The van der Waals surface area contributed by atoms with Crippen molar-refractivity contribution in [1.82, 2.24) is 4.57 Å². The summed E-state index contributed by atoms with van der Waals surface area (Å²) in [6, 6.07) is 45.4. The summed E-state index contributed by atoms with van der Waals surface area (Å²) in [6.07, 6.45) is 0.920. The third-order valence-corrected chi connectivity index (χ3v) is 8.61. The Bertz CT molecular complexity index is 2410. The Hall–Kier alpha value is -5.14. The Kier molecular flexibility index (Phi) is 4.06. The van der Waals surface area contributed by atoms with Gasteiger partial charge in [0, 0.05) is 16.5 Å². The average molecular weight is 510 g/mol. The maximum atomic E-state index is 9.13. The van der Waals surface area contributed by atoms with Gasteiger partial charge in [-0.25, -0.2) is 0 Å². The minimum Gasteiger partial charge on any atom is -0.309 e. The van der Waals surface area contributed by atoms with E-state index in [0.29, 0.717) is 12.1 Å². The number of para-hydroxylation sites is 1. The van der Waals surface area contributed by atoms with E-state index in [-0.39, 0.29) is 0 Å². The molecule has 40 heavy (non-hydrogen) atoms. The van der Waals surface area contributed by atoms with Gasteiger partial charge in [-0.05, 0) is 91.7 Å². The summed E-state index contributed by atoms with van der Waals surface area (Å²) in [4.78, 5) is 0. The van der Waals surface area contributed by atoms with E-state index in [2.05, 4.69) is 89.5 Å². The molecule has 9 rings (SSSR count). The Balaban J connectivity index is 1.27. The second kappa shape index (κ2) is 8.18. The van der Waals surface area contributed by atoms with Gasteiger partial charge in [0.25, 0.3) is 0 Å². The van der Waals surface area contributed by atoms with Crippen molar-refractivity contribution in [3.05, 3.63) is 151 Å². The van der Waals surface area contributed by atoms with Gasteiger partial charge in [0.15, 0.2) is 0 Å². The highest BCUT2D eigenvalue weighted by Gasteiger charge is 2.24. The molecule has 1 heterocycles. The number of rotatable bonds is 2. The zero-order valence-corrected chi connectivity index (χ0v) is 21.8. The van der Waals surface area contributed by atoms with Crippen molar-refractivity contribution >= 4 is 43.4 Å². The van der Waals surface area contributed by atoms with Gasteiger partial charge in [0.2, 0.25) is 0 Å². The van der Waals surface area contributed by atoms with Crippen molar-refractivity contribution < 1.29 is 2.74 Å². The number of benzene rings is 7. The van der Waals surface area contributed by atoms with E-state index in [9.17, 15) is 0 Å². The molecule has 0 atom stereocenters. The first kappa shape index (κ1) is 19.9. The zero-order chi connectivity index (χ0) is 27.9. The van der Waals surface area contributed by atoms with Gasteiger partial charge in [0.05, 0.1) is 13.8 Å². The van der Waals surface area contributed by atoms with Gasteiger partial charge >= 0.3 is 0 Å². The Labute approximate surface area is 235 Å². The van der Waals surface area contributed by atoms with Crippen LogP contribution in [0.1, 0.15) is 13.9 Å². The third kappa shape index (κ3) is 3.03. The zero-order valence-electron chi connectivity index (χ0n) is 23.8. The van der Waals surface area contributed by atoms with Crippen molar-refractivity contribution in [1.29, 1.82) is 0 Å². The van der Waals surface area contributed by atoms with Crippen LogP contribution in [-0.4, -0.2) is 4.57 Å². The highest BCUT2D eigenvalue weighted by molar-refractivity contribution is 6.13. The molecule has 0 unspecified atom stereocenters. The Morgan fingerprint density at radius 1 is 0.500 bits per heavy atom. The molecule has 1 aliphatic carbocycles. The van der Waals surface area contributed by atoms with Crippen LogP contribution in [0.4, 0.5) is 0 Å². The maximum Gasteiger partial charge on any atom is 0.0630 e. The van der Waals surface area contributed by atoms with E-state index in [4.69, 9.17) is 2.74 Å². The highest BCUT2D eigenvalue weighted by Crippen LogP contribution is 2.45. The average Bonchev–Trinajstić information content (AvgIpc) is 3.55. The fraction of sp³-hybridized carbons (Fsp3) is 0.0256. The molecule has 1 aliphatic rings. The van der Waals surface area contributed by atoms with E-state index in [1.807, 2.05) is 42.5 Å². The minimum absolute atomic E-state index is 0.420. The number of hydrogen-bond acceptors (Lipinski definition) is 0. The first-order valence-electron chi connectivity index (χ1n) is 14.8. The van der Waals surface area contributed by atoms with Crippen molar-refractivity contribution in [3.63, 3.8) is 0 Å². The highest BCUT2D eigenvalue weighted by atomic mass is 15.0. The van der Waals surface area contributed by atoms with Gasteiger partial charge in [-0.2, -0.15) is 0 Å². The van der Waals surface area contributed by atoms with Crippen LogP contribution < -0.4 is 0 Å². The fourth-order valence-electron chi connectivity index (χ4n) is 6.80. The van der Waals surface area contributed by atoms with Crippen molar-refractivity contribution in [3.8, 4) is 27.9 Å². The summed E-state index contributed by atoms with van der Waals surface area (Å²) < 4.78 is 20.1. The van der Waals surface area contributed by atoms with E-state index in [1.165, 1.54) is 43.8 Å². The lowest BCUT2D eigenvalue weighted by atomic mass is 9.97. The van der Waals surface area contributed by atoms with Gasteiger partial charge in [0.1, 0.15) is 0 Å². The van der Waals surface area contributed by atoms with Gasteiger partial charge in [-0.1, -0.05) is 109 Å². The molecule has 0 fully saturated rings. The lowest BCUT2D eigenvalue weighted by molar-refractivity contribution is 1.17. The lowest BCUT2D eigenvalue weighted by Crippen LogP contribution is -1.94.